The van der Waals surface area contributed by atoms with Gasteiger partial charge in [-0.15, -0.1) is 0 Å². The number of hydrazone groups is 1. The van der Waals surface area contributed by atoms with E-state index in [1.165, 1.54) is 16.8 Å². The van der Waals surface area contributed by atoms with Gasteiger partial charge in [-0.3, -0.25) is 10.2 Å². The van der Waals surface area contributed by atoms with Gasteiger partial charge < -0.3 is 8.98 Å². The van der Waals surface area contributed by atoms with Crippen LogP contribution in [0.2, 0.25) is 0 Å². The number of rotatable bonds is 3. The van der Waals surface area contributed by atoms with Crippen LogP contribution < -0.4 is 0 Å². The molecule has 2 aliphatic heterocycles. The molecular weight excluding hydrogens is 454 g/mol. The number of carbonyl (C=O) groups is 1. The minimum atomic E-state index is -0.465. The first-order chi connectivity index (χ1) is 14.1. The molecular formula is C20H12BrN5O2S. The zero-order valence-electron chi connectivity index (χ0n) is 14.7. The smallest absolute Gasteiger partial charge is 0.283 e. The predicted octanol–water partition coefficient (Wildman–Crippen LogP) is 4.50. The Hall–Kier alpha value is -3.17. The number of carbonyl (C=O) groups excluding carboxylic acids is 1. The number of benzene rings is 1. The number of fused-ring (bicyclic) bond motifs is 1. The van der Waals surface area contributed by atoms with E-state index in [0.29, 0.717) is 16.0 Å². The number of hydrogen-bond donors (Lipinski definition) is 1. The minimum absolute atomic E-state index is 0.0161. The molecule has 4 heterocycles. The molecule has 1 aromatic carbocycles. The lowest BCUT2D eigenvalue weighted by Crippen LogP contribution is -2.35. The van der Waals surface area contributed by atoms with E-state index in [1.54, 1.807) is 24.5 Å². The molecule has 1 amide bonds. The number of hydrogen-bond acceptors (Lipinski definition) is 5. The third-order valence-electron chi connectivity index (χ3n) is 4.36. The van der Waals surface area contributed by atoms with E-state index in [-0.39, 0.29) is 11.4 Å². The van der Waals surface area contributed by atoms with Crippen LogP contribution in [0.15, 0.2) is 85.5 Å². The lowest BCUT2D eigenvalue weighted by Gasteiger charge is -2.20. The molecule has 29 heavy (non-hydrogen) atoms. The van der Waals surface area contributed by atoms with E-state index in [9.17, 15) is 4.79 Å². The summed E-state index contributed by atoms with van der Waals surface area (Å²) in [5.74, 6) is 0.0906. The first-order valence-electron chi connectivity index (χ1n) is 8.57. The van der Waals surface area contributed by atoms with Gasteiger partial charge in [-0.2, -0.15) is 15.1 Å². The van der Waals surface area contributed by atoms with E-state index in [2.05, 4.69) is 26.0 Å². The molecule has 0 spiro atoms. The number of thioether (sulfide) groups is 1. The molecule has 1 N–H and O–H groups in total. The van der Waals surface area contributed by atoms with Gasteiger partial charge in [0.25, 0.3) is 5.91 Å². The molecule has 0 atom stereocenters. The lowest BCUT2D eigenvalue weighted by atomic mass is 10.1. The van der Waals surface area contributed by atoms with Gasteiger partial charge in [-0.1, -0.05) is 15.9 Å². The van der Waals surface area contributed by atoms with Crippen molar-refractivity contribution in [3.8, 4) is 5.69 Å². The molecule has 5 rings (SSSR count). The molecule has 3 aromatic rings. The number of aliphatic imine (C=N–C) groups is 1. The first-order valence-corrected chi connectivity index (χ1v) is 10.2. The summed E-state index contributed by atoms with van der Waals surface area (Å²) in [4.78, 5) is 16.7. The van der Waals surface area contributed by atoms with Gasteiger partial charge in [-0.25, -0.2) is 0 Å². The van der Waals surface area contributed by atoms with Crippen molar-refractivity contribution in [3.63, 3.8) is 0 Å². The monoisotopic (exact) mass is 465 g/mol. The van der Waals surface area contributed by atoms with Crippen molar-refractivity contribution in [2.75, 3.05) is 0 Å². The summed E-state index contributed by atoms with van der Waals surface area (Å²) < 4.78 is 8.28. The topological polar surface area (TPSA) is 86.9 Å². The maximum Gasteiger partial charge on any atom is 0.283 e. The van der Waals surface area contributed by atoms with E-state index in [1.807, 2.05) is 47.2 Å². The second-order valence-electron chi connectivity index (χ2n) is 6.18. The summed E-state index contributed by atoms with van der Waals surface area (Å²) in [6, 6.07) is 15.1. The van der Waals surface area contributed by atoms with Gasteiger partial charge in [0.05, 0.1) is 11.8 Å². The van der Waals surface area contributed by atoms with Gasteiger partial charge in [0.15, 0.2) is 16.6 Å². The fraction of sp³-hybridized carbons (Fsp3) is 0. The quantitative estimate of drug-likeness (QED) is 0.576. The molecule has 142 valence electrons. The fourth-order valence-corrected chi connectivity index (χ4v) is 4.11. The van der Waals surface area contributed by atoms with Crippen molar-refractivity contribution in [2.24, 2.45) is 10.1 Å². The van der Waals surface area contributed by atoms with E-state index in [4.69, 9.17) is 9.83 Å². The standard InChI is InChI=1S/C20H12BrN5O2S/c21-12-5-7-13(8-6-12)25-9-1-3-14(25)11-15-17(22)26-20(23-18(15)27)29-19(24-26)16-4-2-10-28-16/h1-11,22H/b15-11-,22-17?. The van der Waals surface area contributed by atoms with E-state index < -0.39 is 5.91 Å². The molecule has 0 fully saturated rings. The Labute approximate surface area is 178 Å². The average molecular weight is 466 g/mol. The second-order valence-corrected chi connectivity index (χ2v) is 8.05. The zero-order chi connectivity index (χ0) is 20.0. The molecule has 0 unspecified atom stereocenters. The number of amidine groups is 2. The number of nitrogens with one attached hydrogen (secondary N) is 1. The Kier molecular flexibility index (Phi) is 4.33. The van der Waals surface area contributed by atoms with Crippen LogP contribution in [0.25, 0.3) is 11.8 Å². The lowest BCUT2D eigenvalue weighted by molar-refractivity contribution is -0.114. The maximum atomic E-state index is 12.6. The van der Waals surface area contributed by atoms with Gasteiger partial charge in [0, 0.05) is 22.1 Å². The molecule has 9 heteroatoms. The predicted molar refractivity (Wildman–Crippen MR) is 116 cm³/mol. The molecule has 0 aliphatic carbocycles. The van der Waals surface area contributed by atoms with E-state index in [0.717, 1.165) is 15.9 Å². The van der Waals surface area contributed by atoms with Crippen molar-refractivity contribution in [1.29, 1.82) is 5.41 Å². The van der Waals surface area contributed by atoms with Gasteiger partial charge in [0.2, 0.25) is 5.17 Å². The Morgan fingerprint density at radius 1 is 1.14 bits per heavy atom. The highest BCUT2D eigenvalue weighted by Gasteiger charge is 2.36. The van der Waals surface area contributed by atoms with Crippen LogP contribution in [0, 0.1) is 5.41 Å². The molecule has 0 saturated heterocycles. The van der Waals surface area contributed by atoms with Gasteiger partial charge in [-0.05, 0) is 66.4 Å². The normalized spacial score (nSPS) is 17.6. The molecule has 0 saturated carbocycles. The van der Waals surface area contributed by atoms with Gasteiger partial charge in [0.1, 0.15) is 0 Å². The van der Waals surface area contributed by atoms with Crippen LogP contribution in [0.4, 0.5) is 0 Å². The van der Waals surface area contributed by atoms with Crippen molar-refractivity contribution in [3.05, 3.63) is 82.5 Å². The summed E-state index contributed by atoms with van der Waals surface area (Å²) in [6.07, 6.45) is 5.12. The first kappa shape index (κ1) is 17.9. The molecule has 0 bridgehead atoms. The number of halogens is 1. The van der Waals surface area contributed by atoms with Gasteiger partial charge >= 0.3 is 0 Å². The van der Waals surface area contributed by atoms with Crippen LogP contribution in [0.5, 0.6) is 0 Å². The van der Waals surface area contributed by atoms with Crippen LogP contribution in [0.3, 0.4) is 0 Å². The number of amides is 1. The minimum Gasteiger partial charge on any atom is -0.462 e. The van der Waals surface area contributed by atoms with Crippen LogP contribution in [-0.4, -0.2) is 31.5 Å². The number of nitrogens with zero attached hydrogens (tertiary/aromatic N) is 4. The third-order valence-corrected chi connectivity index (χ3v) is 5.82. The Morgan fingerprint density at radius 2 is 1.97 bits per heavy atom. The Morgan fingerprint density at radius 3 is 2.72 bits per heavy atom. The summed E-state index contributed by atoms with van der Waals surface area (Å²) in [5.41, 5.74) is 1.89. The SMILES string of the molecule is N=C1/C(=C/c2cccn2-c2ccc(Br)cc2)C(=O)N=C2SC(c3ccco3)=NN12. The van der Waals surface area contributed by atoms with E-state index >= 15 is 0 Å². The molecule has 2 aliphatic rings. The highest BCUT2D eigenvalue weighted by Crippen LogP contribution is 2.31. The summed E-state index contributed by atoms with van der Waals surface area (Å²) in [5, 5.41) is 15.2. The van der Waals surface area contributed by atoms with Crippen molar-refractivity contribution >= 4 is 55.7 Å². The molecule has 2 aromatic heterocycles. The zero-order valence-corrected chi connectivity index (χ0v) is 17.1. The third kappa shape index (κ3) is 3.18. The largest absolute Gasteiger partial charge is 0.462 e. The van der Waals surface area contributed by atoms with Crippen molar-refractivity contribution < 1.29 is 9.21 Å². The van der Waals surface area contributed by atoms with Crippen molar-refractivity contribution in [2.45, 2.75) is 0 Å². The molecule has 7 nitrogen and oxygen atoms in total. The average Bonchev–Trinajstić information content (AvgIpc) is 3.45. The Bertz CT molecular complexity index is 1220. The Balaban J connectivity index is 1.51. The highest BCUT2D eigenvalue weighted by molar-refractivity contribution is 9.10. The fourth-order valence-electron chi connectivity index (χ4n) is 2.99. The summed E-state index contributed by atoms with van der Waals surface area (Å²) in [7, 11) is 0. The number of furan rings is 1. The second kappa shape index (κ2) is 7.02. The summed E-state index contributed by atoms with van der Waals surface area (Å²) >= 11 is 4.64. The van der Waals surface area contributed by atoms with Crippen molar-refractivity contribution in [1.82, 2.24) is 9.58 Å². The number of aromatic nitrogens is 1. The summed E-state index contributed by atoms with van der Waals surface area (Å²) in [6.45, 7) is 0. The van der Waals surface area contributed by atoms with Crippen LogP contribution in [-0.2, 0) is 4.79 Å². The van der Waals surface area contributed by atoms with Crippen LogP contribution >= 0.6 is 27.7 Å². The highest BCUT2D eigenvalue weighted by atomic mass is 79.9. The molecule has 0 radical (unpaired) electrons. The maximum absolute atomic E-state index is 12.6. The van der Waals surface area contributed by atoms with Crippen LogP contribution in [0.1, 0.15) is 11.5 Å².